The summed E-state index contributed by atoms with van der Waals surface area (Å²) in [6.07, 6.45) is 2.13. The third-order valence-corrected chi connectivity index (χ3v) is 4.39. The summed E-state index contributed by atoms with van der Waals surface area (Å²) in [4.78, 5) is 38.5. The molecule has 3 rings (SSSR count). The average molecular weight is 339 g/mol. The molecule has 130 valence electrons. The Morgan fingerprint density at radius 2 is 1.92 bits per heavy atom. The van der Waals surface area contributed by atoms with Gasteiger partial charge in [0.05, 0.1) is 0 Å². The van der Waals surface area contributed by atoms with Gasteiger partial charge in [-0.3, -0.25) is 14.4 Å². The van der Waals surface area contributed by atoms with E-state index >= 15 is 0 Å². The lowest BCUT2D eigenvalue weighted by Crippen LogP contribution is -2.43. The maximum atomic E-state index is 12.7. The Morgan fingerprint density at radius 3 is 2.60 bits per heavy atom. The van der Waals surface area contributed by atoms with Crippen molar-refractivity contribution < 1.29 is 9.59 Å². The van der Waals surface area contributed by atoms with Crippen LogP contribution in [0.3, 0.4) is 0 Å². The van der Waals surface area contributed by atoms with Crippen LogP contribution >= 0.6 is 0 Å². The SMILES string of the molecule is Cc1ccn(CC(=O)N[C@@H]2C[C@H](C)N(c3ccccc3)C2=O)c(=O)c1. The van der Waals surface area contributed by atoms with Crippen molar-refractivity contribution in [2.45, 2.75) is 38.9 Å². The second-order valence-electron chi connectivity index (χ2n) is 6.42. The molecule has 0 radical (unpaired) electrons. The first-order valence-electron chi connectivity index (χ1n) is 8.30. The summed E-state index contributed by atoms with van der Waals surface area (Å²) in [6, 6.07) is 12.1. The van der Waals surface area contributed by atoms with Crippen molar-refractivity contribution in [3.05, 3.63) is 64.6 Å². The number of para-hydroxylation sites is 1. The van der Waals surface area contributed by atoms with Gasteiger partial charge in [-0.25, -0.2) is 0 Å². The van der Waals surface area contributed by atoms with E-state index in [2.05, 4.69) is 5.32 Å². The van der Waals surface area contributed by atoms with E-state index in [4.69, 9.17) is 0 Å². The molecule has 1 fully saturated rings. The van der Waals surface area contributed by atoms with Gasteiger partial charge < -0.3 is 14.8 Å². The third-order valence-electron chi connectivity index (χ3n) is 4.39. The summed E-state index contributed by atoms with van der Waals surface area (Å²) < 4.78 is 1.33. The summed E-state index contributed by atoms with van der Waals surface area (Å²) >= 11 is 0. The van der Waals surface area contributed by atoms with Crippen LogP contribution in [0.25, 0.3) is 0 Å². The quantitative estimate of drug-likeness (QED) is 0.917. The van der Waals surface area contributed by atoms with Crippen LogP contribution in [0, 0.1) is 6.92 Å². The molecule has 0 aliphatic carbocycles. The number of nitrogens with one attached hydrogen (secondary N) is 1. The lowest BCUT2D eigenvalue weighted by atomic mass is 10.2. The molecule has 0 unspecified atom stereocenters. The number of rotatable bonds is 4. The largest absolute Gasteiger partial charge is 0.343 e. The average Bonchev–Trinajstić information content (AvgIpc) is 2.85. The van der Waals surface area contributed by atoms with E-state index in [9.17, 15) is 14.4 Å². The summed E-state index contributed by atoms with van der Waals surface area (Å²) in [5.74, 6) is -0.463. The predicted molar refractivity (Wildman–Crippen MR) is 95.4 cm³/mol. The van der Waals surface area contributed by atoms with Crippen LogP contribution in [0.2, 0.25) is 0 Å². The Kier molecular flexibility index (Phi) is 4.70. The van der Waals surface area contributed by atoms with Crippen LogP contribution < -0.4 is 15.8 Å². The lowest BCUT2D eigenvalue weighted by molar-refractivity contribution is -0.126. The number of amides is 2. The van der Waals surface area contributed by atoms with Gasteiger partial charge in [-0.15, -0.1) is 0 Å². The van der Waals surface area contributed by atoms with Gasteiger partial charge in [-0.2, -0.15) is 0 Å². The van der Waals surface area contributed by atoms with Crippen LogP contribution in [-0.4, -0.2) is 28.5 Å². The van der Waals surface area contributed by atoms with Crippen LogP contribution in [-0.2, 0) is 16.1 Å². The zero-order chi connectivity index (χ0) is 18.0. The third kappa shape index (κ3) is 3.63. The Labute approximate surface area is 146 Å². The fourth-order valence-corrected chi connectivity index (χ4v) is 3.16. The molecule has 2 atom stereocenters. The highest BCUT2D eigenvalue weighted by Crippen LogP contribution is 2.26. The normalized spacial score (nSPS) is 19.9. The van der Waals surface area contributed by atoms with E-state index in [1.54, 1.807) is 17.2 Å². The van der Waals surface area contributed by atoms with E-state index in [-0.39, 0.29) is 30.0 Å². The lowest BCUT2D eigenvalue weighted by Gasteiger charge is -2.21. The van der Waals surface area contributed by atoms with Gasteiger partial charge in [0, 0.05) is 24.0 Å². The minimum Gasteiger partial charge on any atom is -0.343 e. The van der Waals surface area contributed by atoms with Crippen molar-refractivity contribution >= 4 is 17.5 Å². The zero-order valence-corrected chi connectivity index (χ0v) is 14.3. The smallest absolute Gasteiger partial charge is 0.251 e. The van der Waals surface area contributed by atoms with Crippen LogP contribution in [0.4, 0.5) is 5.69 Å². The second kappa shape index (κ2) is 6.93. The standard InChI is InChI=1S/C19H21N3O3/c1-13-8-9-21(18(24)10-13)12-17(23)20-16-11-14(2)22(19(16)25)15-6-4-3-5-7-15/h3-10,14,16H,11-12H2,1-2H3,(H,20,23)/t14-,16+/m0/s1. The Morgan fingerprint density at radius 1 is 1.20 bits per heavy atom. The molecule has 1 aliphatic rings. The molecule has 2 heterocycles. The highest BCUT2D eigenvalue weighted by Gasteiger charge is 2.38. The van der Waals surface area contributed by atoms with Gasteiger partial charge in [0.15, 0.2) is 0 Å². The molecule has 1 saturated heterocycles. The van der Waals surface area contributed by atoms with Crippen molar-refractivity contribution in [1.82, 2.24) is 9.88 Å². The first-order valence-corrected chi connectivity index (χ1v) is 8.30. The van der Waals surface area contributed by atoms with Crippen LogP contribution in [0.5, 0.6) is 0 Å². The maximum Gasteiger partial charge on any atom is 0.251 e. The van der Waals surface area contributed by atoms with E-state index in [0.717, 1.165) is 11.3 Å². The number of pyridine rings is 1. The van der Waals surface area contributed by atoms with Crippen molar-refractivity contribution in [1.29, 1.82) is 0 Å². The van der Waals surface area contributed by atoms with Gasteiger partial charge in [0.1, 0.15) is 12.6 Å². The van der Waals surface area contributed by atoms with Gasteiger partial charge in [-0.1, -0.05) is 18.2 Å². The summed E-state index contributed by atoms with van der Waals surface area (Å²) in [5.41, 5.74) is 1.44. The topological polar surface area (TPSA) is 71.4 Å². The zero-order valence-electron chi connectivity index (χ0n) is 14.3. The van der Waals surface area contributed by atoms with E-state index in [1.807, 2.05) is 44.2 Å². The predicted octanol–water partition coefficient (Wildman–Crippen LogP) is 1.47. The Bertz CT molecular complexity index is 844. The summed E-state index contributed by atoms with van der Waals surface area (Å²) in [6.45, 7) is 3.69. The molecule has 0 bridgehead atoms. The van der Waals surface area contributed by atoms with Crippen molar-refractivity contribution in [3.8, 4) is 0 Å². The molecule has 1 N–H and O–H groups in total. The number of nitrogens with zero attached hydrogens (tertiary/aromatic N) is 2. The highest BCUT2D eigenvalue weighted by atomic mass is 16.2. The van der Waals surface area contributed by atoms with E-state index in [0.29, 0.717) is 6.42 Å². The number of anilines is 1. The summed E-state index contributed by atoms with van der Waals surface area (Å²) in [5, 5.41) is 2.76. The first-order chi connectivity index (χ1) is 12.0. The number of hydrogen-bond donors (Lipinski definition) is 1. The maximum absolute atomic E-state index is 12.7. The Hall–Kier alpha value is -2.89. The number of hydrogen-bond acceptors (Lipinski definition) is 3. The van der Waals surface area contributed by atoms with Gasteiger partial charge in [0.2, 0.25) is 11.8 Å². The van der Waals surface area contributed by atoms with Crippen LogP contribution in [0.15, 0.2) is 53.5 Å². The molecule has 2 aromatic rings. The number of carbonyl (C=O) groups is 2. The minimum absolute atomic E-state index is 0.00213. The van der Waals surface area contributed by atoms with Gasteiger partial charge in [0.25, 0.3) is 5.56 Å². The number of carbonyl (C=O) groups excluding carboxylic acids is 2. The van der Waals surface area contributed by atoms with Crippen molar-refractivity contribution in [2.75, 3.05) is 4.90 Å². The monoisotopic (exact) mass is 339 g/mol. The molecular weight excluding hydrogens is 318 g/mol. The van der Waals surface area contributed by atoms with E-state index in [1.165, 1.54) is 10.6 Å². The molecule has 25 heavy (non-hydrogen) atoms. The molecule has 0 spiro atoms. The first kappa shape index (κ1) is 17.0. The molecule has 1 aromatic heterocycles. The molecule has 6 nitrogen and oxygen atoms in total. The van der Waals surface area contributed by atoms with Crippen LogP contribution in [0.1, 0.15) is 18.9 Å². The molecule has 6 heteroatoms. The van der Waals surface area contributed by atoms with E-state index < -0.39 is 6.04 Å². The number of benzene rings is 1. The number of aromatic nitrogens is 1. The molecule has 2 amide bonds. The number of aryl methyl sites for hydroxylation is 1. The van der Waals surface area contributed by atoms with Gasteiger partial charge in [-0.05, 0) is 44.0 Å². The molecule has 1 aliphatic heterocycles. The Balaban J connectivity index is 1.68. The second-order valence-corrected chi connectivity index (χ2v) is 6.42. The highest BCUT2D eigenvalue weighted by molar-refractivity contribution is 6.01. The van der Waals surface area contributed by atoms with Crippen molar-refractivity contribution in [2.24, 2.45) is 0 Å². The fraction of sp³-hybridized carbons (Fsp3) is 0.316. The molecular formula is C19H21N3O3. The molecule has 1 aromatic carbocycles. The van der Waals surface area contributed by atoms with Crippen molar-refractivity contribution in [3.63, 3.8) is 0 Å². The minimum atomic E-state index is -0.566. The summed E-state index contributed by atoms with van der Waals surface area (Å²) in [7, 11) is 0. The molecule has 0 saturated carbocycles. The van der Waals surface area contributed by atoms with Gasteiger partial charge >= 0.3 is 0 Å². The fourth-order valence-electron chi connectivity index (χ4n) is 3.16.